The number of ether oxygens (including phenoxy) is 1. The zero-order chi connectivity index (χ0) is 16.8. The molecular weight excluding hydrogens is 300 g/mol. The second-order valence-electron chi connectivity index (χ2n) is 6.21. The molecule has 126 valence electrons. The fraction of sp³-hybridized carbons (Fsp3) is 0.350. The summed E-state index contributed by atoms with van der Waals surface area (Å²) in [7, 11) is 0. The standard InChI is InChI=1S/C20H24N2O2/c1-16-7-5-6-10-19(16)21-20(23)22-13-14-24-18(15-22)12-11-17-8-3-2-4-9-17/h2-10,18H,11-15H2,1H3,(H,21,23). The molecule has 2 amide bonds. The van der Waals surface area contributed by atoms with Crippen LogP contribution in [0.1, 0.15) is 17.5 Å². The number of nitrogens with zero attached hydrogens (tertiary/aromatic N) is 1. The molecule has 2 aromatic rings. The first-order valence-corrected chi connectivity index (χ1v) is 8.49. The quantitative estimate of drug-likeness (QED) is 0.928. The van der Waals surface area contributed by atoms with Gasteiger partial charge in [0.15, 0.2) is 0 Å². The molecule has 1 heterocycles. The van der Waals surface area contributed by atoms with Gasteiger partial charge < -0.3 is 15.0 Å². The molecule has 0 radical (unpaired) electrons. The topological polar surface area (TPSA) is 41.6 Å². The van der Waals surface area contributed by atoms with E-state index in [0.717, 1.165) is 24.1 Å². The number of hydrogen-bond donors (Lipinski definition) is 1. The van der Waals surface area contributed by atoms with Crippen LogP contribution in [0.4, 0.5) is 10.5 Å². The summed E-state index contributed by atoms with van der Waals surface area (Å²) in [4.78, 5) is 14.4. The number of hydrogen-bond acceptors (Lipinski definition) is 2. The monoisotopic (exact) mass is 324 g/mol. The van der Waals surface area contributed by atoms with Crippen LogP contribution in [0.15, 0.2) is 54.6 Å². The van der Waals surface area contributed by atoms with E-state index < -0.39 is 0 Å². The largest absolute Gasteiger partial charge is 0.375 e. The lowest BCUT2D eigenvalue weighted by Crippen LogP contribution is -2.47. The lowest BCUT2D eigenvalue weighted by atomic mass is 10.1. The Morgan fingerprint density at radius 3 is 2.71 bits per heavy atom. The molecule has 24 heavy (non-hydrogen) atoms. The number of carbonyl (C=O) groups excluding carboxylic acids is 1. The first-order chi connectivity index (χ1) is 11.7. The maximum atomic E-state index is 12.5. The molecule has 1 N–H and O–H groups in total. The van der Waals surface area contributed by atoms with Crippen LogP contribution in [0, 0.1) is 6.92 Å². The van der Waals surface area contributed by atoms with E-state index in [1.54, 1.807) is 0 Å². The van der Waals surface area contributed by atoms with Crippen LogP contribution in [-0.2, 0) is 11.2 Å². The minimum absolute atomic E-state index is 0.0442. The molecule has 0 bridgehead atoms. The Morgan fingerprint density at radius 1 is 1.17 bits per heavy atom. The Bertz CT molecular complexity index is 672. The van der Waals surface area contributed by atoms with Crippen molar-refractivity contribution in [3.8, 4) is 0 Å². The third-order valence-electron chi connectivity index (χ3n) is 4.41. The van der Waals surface area contributed by atoms with Crippen LogP contribution in [0.5, 0.6) is 0 Å². The summed E-state index contributed by atoms with van der Waals surface area (Å²) in [5.41, 5.74) is 3.25. The SMILES string of the molecule is Cc1ccccc1NC(=O)N1CCOC(CCc2ccccc2)C1. The number of anilines is 1. The Balaban J connectivity index is 1.53. The molecule has 1 unspecified atom stereocenters. The highest BCUT2D eigenvalue weighted by molar-refractivity contribution is 5.90. The molecule has 0 aromatic heterocycles. The number of morpholine rings is 1. The molecule has 1 atom stereocenters. The van der Waals surface area contributed by atoms with Gasteiger partial charge in [-0.05, 0) is 37.0 Å². The normalized spacial score (nSPS) is 17.5. The van der Waals surface area contributed by atoms with E-state index in [-0.39, 0.29) is 12.1 Å². The highest BCUT2D eigenvalue weighted by Gasteiger charge is 2.24. The lowest BCUT2D eigenvalue weighted by molar-refractivity contribution is -0.0157. The van der Waals surface area contributed by atoms with Crippen molar-refractivity contribution in [1.29, 1.82) is 0 Å². The van der Waals surface area contributed by atoms with Crippen molar-refractivity contribution in [3.05, 3.63) is 65.7 Å². The summed E-state index contributed by atoms with van der Waals surface area (Å²) in [6, 6.07) is 18.2. The average molecular weight is 324 g/mol. The third-order valence-corrected chi connectivity index (χ3v) is 4.41. The lowest BCUT2D eigenvalue weighted by Gasteiger charge is -2.33. The van der Waals surface area contributed by atoms with Crippen LogP contribution in [0.25, 0.3) is 0 Å². The van der Waals surface area contributed by atoms with Crippen LogP contribution in [0.2, 0.25) is 0 Å². The zero-order valence-corrected chi connectivity index (χ0v) is 14.1. The van der Waals surface area contributed by atoms with Gasteiger partial charge in [-0.1, -0.05) is 48.5 Å². The number of benzene rings is 2. The van der Waals surface area contributed by atoms with E-state index in [4.69, 9.17) is 4.74 Å². The van der Waals surface area contributed by atoms with Crippen molar-refractivity contribution in [1.82, 2.24) is 4.90 Å². The number of amides is 2. The van der Waals surface area contributed by atoms with Gasteiger partial charge in [-0.15, -0.1) is 0 Å². The molecule has 4 nitrogen and oxygen atoms in total. The van der Waals surface area contributed by atoms with Crippen LogP contribution >= 0.6 is 0 Å². The van der Waals surface area contributed by atoms with Gasteiger partial charge in [-0.25, -0.2) is 4.79 Å². The van der Waals surface area contributed by atoms with Crippen LogP contribution < -0.4 is 5.32 Å². The summed E-state index contributed by atoms with van der Waals surface area (Å²) in [5, 5.41) is 3.01. The molecular formula is C20H24N2O2. The highest BCUT2D eigenvalue weighted by Crippen LogP contribution is 2.16. The van der Waals surface area contributed by atoms with Gasteiger partial charge in [-0.3, -0.25) is 0 Å². The van der Waals surface area contributed by atoms with Gasteiger partial charge in [0.2, 0.25) is 0 Å². The van der Waals surface area contributed by atoms with E-state index in [0.29, 0.717) is 19.7 Å². The Kier molecular flexibility index (Phi) is 5.49. The predicted molar refractivity (Wildman–Crippen MR) is 96.3 cm³/mol. The fourth-order valence-corrected chi connectivity index (χ4v) is 2.96. The molecule has 1 fully saturated rings. The number of carbonyl (C=O) groups is 1. The fourth-order valence-electron chi connectivity index (χ4n) is 2.96. The Labute approximate surface area is 143 Å². The zero-order valence-electron chi connectivity index (χ0n) is 14.1. The molecule has 1 saturated heterocycles. The number of rotatable bonds is 4. The van der Waals surface area contributed by atoms with Gasteiger partial charge in [0.25, 0.3) is 0 Å². The summed E-state index contributed by atoms with van der Waals surface area (Å²) in [6.45, 7) is 3.88. The molecule has 0 spiro atoms. The van der Waals surface area contributed by atoms with Crippen molar-refractivity contribution < 1.29 is 9.53 Å². The van der Waals surface area contributed by atoms with Crippen molar-refractivity contribution >= 4 is 11.7 Å². The van der Waals surface area contributed by atoms with Gasteiger partial charge in [0.1, 0.15) is 0 Å². The summed E-state index contributed by atoms with van der Waals surface area (Å²) in [6.07, 6.45) is 2.00. The van der Waals surface area contributed by atoms with Crippen molar-refractivity contribution in [2.45, 2.75) is 25.9 Å². The number of urea groups is 1. The molecule has 3 rings (SSSR count). The summed E-state index contributed by atoms with van der Waals surface area (Å²) >= 11 is 0. The summed E-state index contributed by atoms with van der Waals surface area (Å²) < 4.78 is 5.83. The van der Waals surface area contributed by atoms with E-state index in [2.05, 4.69) is 29.6 Å². The van der Waals surface area contributed by atoms with Crippen molar-refractivity contribution in [2.24, 2.45) is 0 Å². The minimum atomic E-state index is -0.0442. The molecule has 1 aliphatic heterocycles. The van der Waals surface area contributed by atoms with Crippen molar-refractivity contribution in [3.63, 3.8) is 0 Å². The Hall–Kier alpha value is -2.33. The van der Waals surface area contributed by atoms with E-state index >= 15 is 0 Å². The molecule has 0 saturated carbocycles. The van der Waals surface area contributed by atoms with Gasteiger partial charge in [0, 0.05) is 18.8 Å². The van der Waals surface area contributed by atoms with E-state index in [1.165, 1.54) is 5.56 Å². The molecule has 1 aliphatic rings. The maximum Gasteiger partial charge on any atom is 0.322 e. The van der Waals surface area contributed by atoms with Gasteiger partial charge >= 0.3 is 6.03 Å². The van der Waals surface area contributed by atoms with Crippen LogP contribution in [0.3, 0.4) is 0 Å². The smallest absolute Gasteiger partial charge is 0.322 e. The molecule has 0 aliphatic carbocycles. The predicted octanol–water partition coefficient (Wildman–Crippen LogP) is 3.86. The van der Waals surface area contributed by atoms with Gasteiger partial charge in [0.05, 0.1) is 12.7 Å². The van der Waals surface area contributed by atoms with E-state index in [1.807, 2.05) is 42.2 Å². The third kappa shape index (κ3) is 4.36. The van der Waals surface area contributed by atoms with Crippen molar-refractivity contribution in [2.75, 3.05) is 25.0 Å². The number of nitrogens with one attached hydrogen (secondary N) is 1. The highest BCUT2D eigenvalue weighted by atomic mass is 16.5. The summed E-state index contributed by atoms with van der Waals surface area (Å²) in [5.74, 6) is 0. The number of para-hydroxylation sites is 1. The second-order valence-corrected chi connectivity index (χ2v) is 6.21. The molecule has 4 heteroatoms. The molecule has 2 aromatic carbocycles. The van der Waals surface area contributed by atoms with E-state index in [9.17, 15) is 4.79 Å². The average Bonchev–Trinajstić information content (AvgIpc) is 2.63. The number of aryl methyl sites for hydroxylation is 2. The minimum Gasteiger partial charge on any atom is -0.375 e. The first-order valence-electron chi connectivity index (χ1n) is 8.49. The Morgan fingerprint density at radius 2 is 1.92 bits per heavy atom. The second kappa shape index (κ2) is 7.97. The maximum absolute atomic E-state index is 12.5. The first kappa shape index (κ1) is 16.5. The van der Waals surface area contributed by atoms with Gasteiger partial charge in [-0.2, -0.15) is 0 Å². The van der Waals surface area contributed by atoms with Crippen LogP contribution in [-0.4, -0.2) is 36.7 Å².